The van der Waals surface area contributed by atoms with E-state index >= 15 is 0 Å². The van der Waals surface area contributed by atoms with Gasteiger partial charge in [0.1, 0.15) is 24.3 Å². The van der Waals surface area contributed by atoms with Crippen LogP contribution in [0, 0.1) is 4.91 Å². The predicted molar refractivity (Wildman–Crippen MR) is 107 cm³/mol. The third kappa shape index (κ3) is 9.08. The molecule has 2 atom stereocenters. The standard InChI is InChI=1S/C17H22N4O9S/c18-9(17(28)29)2-4-13(22)20-11(15(25)19-6-14(23)24)7-31-12-3-1-8(16(26)27)5-10(12)21-30/h1,3,5,9,11,16,26-27H,2,4,6-7,18H2,(H,19,25)(H,20,22)(H,23,24)(H,28,29). The summed E-state index contributed by atoms with van der Waals surface area (Å²) in [6, 6.07) is 1.36. The van der Waals surface area contributed by atoms with Crippen LogP contribution < -0.4 is 16.4 Å². The maximum atomic E-state index is 12.3. The highest BCUT2D eigenvalue weighted by Gasteiger charge is 2.23. The third-order valence-corrected chi connectivity index (χ3v) is 5.01. The first-order valence-corrected chi connectivity index (χ1v) is 9.77. The summed E-state index contributed by atoms with van der Waals surface area (Å²) in [4.78, 5) is 57.1. The molecule has 0 fully saturated rings. The molecule has 8 N–H and O–H groups in total. The lowest BCUT2D eigenvalue weighted by molar-refractivity contribution is -0.139. The van der Waals surface area contributed by atoms with Crippen molar-refractivity contribution < 1.29 is 39.6 Å². The molecule has 1 aromatic carbocycles. The van der Waals surface area contributed by atoms with Crippen LogP contribution in [0.25, 0.3) is 0 Å². The van der Waals surface area contributed by atoms with Gasteiger partial charge in [-0.05, 0) is 23.7 Å². The molecule has 2 amide bonds. The molecule has 0 aromatic heterocycles. The second-order valence-corrected chi connectivity index (χ2v) is 7.28. The molecule has 0 bridgehead atoms. The Labute approximate surface area is 180 Å². The Balaban J connectivity index is 2.88. The van der Waals surface area contributed by atoms with E-state index in [1.807, 2.05) is 0 Å². The van der Waals surface area contributed by atoms with Crippen LogP contribution in [-0.4, -0.2) is 68.6 Å². The zero-order valence-corrected chi connectivity index (χ0v) is 16.9. The number of nitrogens with one attached hydrogen (secondary N) is 2. The van der Waals surface area contributed by atoms with Gasteiger partial charge in [-0.2, -0.15) is 0 Å². The Morgan fingerprint density at radius 2 is 1.84 bits per heavy atom. The molecule has 0 spiro atoms. The first-order valence-electron chi connectivity index (χ1n) is 8.78. The van der Waals surface area contributed by atoms with E-state index in [1.165, 1.54) is 12.1 Å². The number of nitrogens with two attached hydrogens (primary N) is 1. The van der Waals surface area contributed by atoms with Crippen LogP contribution in [0.4, 0.5) is 5.69 Å². The number of nitrogens with zero attached hydrogens (tertiary/aromatic N) is 1. The monoisotopic (exact) mass is 458 g/mol. The lowest BCUT2D eigenvalue weighted by Crippen LogP contribution is -2.49. The summed E-state index contributed by atoms with van der Waals surface area (Å²) in [6.07, 6.45) is -2.28. The number of benzene rings is 1. The van der Waals surface area contributed by atoms with E-state index in [0.717, 1.165) is 17.8 Å². The number of hydrogen-bond donors (Lipinski definition) is 7. The summed E-state index contributed by atoms with van der Waals surface area (Å²) < 4.78 is 0. The van der Waals surface area contributed by atoms with Crippen LogP contribution in [0.3, 0.4) is 0 Å². The Kier molecular flexibility index (Phi) is 10.5. The average molecular weight is 458 g/mol. The number of amides is 2. The molecule has 170 valence electrons. The molecule has 1 aromatic rings. The fourth-order valence-electron chi connectivity index (χ4n) is 2.21. The van der Waals surface area contributed by atoms with Crippen molar-refractivity contribution in [3.63, 3.8) is 0 Å². The quantitative estimate of drug-likeness (QED) is 0.108. The molecule has 0 aliphatic rings. The number of carboxylic acids is 2. The van der Waals surface area contributed by atoms with Gasteiger partial charge < -0.3 is 36.8 Å². The van der Waals surface area contributed by atoms with Crippen molar-refractivity contribution in [2.24, 2.45) is 10.9 Å². The lowest BCUT2D eigenvalue weighted by Gasteiger charge is -2.18. The topological polar surface area (TPSA) is 229 Å². The Hall–Kier alpha value is -3.07. The molecule has 0 aliphatic heterocycles. The summed E-state index contributed by atoms with van der Waals surface area (Å²) in [5, 5.41) is 43.1. The summed E-state index contributed by atoms with van der Waals surface area (Å²) in [5.74, 6) is -4.21. The van der Waals surface area contributed by atoms with Crippen LogP contribution in [-0.2, 0) is 19.2 Å². The van der Waals surface area contributed by atoms with Gasteiger partial charge in [-0.3, -0.25) is 19.2 Å². The molecule has 1 rings (SSSR count). The molecule has 31 heavy (non-hydrogen) atoms. The number of aliphatic hydroxyl groups excluding tert-OH is 1. The van der Waals surface area contributed by atoms with Crippen molar-refractivity contribution >= 4 is 41.2 Å². The van der Waals surface area contributed by atoms with Crippen molar-refractivity contribution in [3.05, 3.63) is 28.7 Å². The maximum Gasteiger partial charge on any atom is 0.322 e. The van der Waals surface area contributed by atoms with Crippen LogP contribution in [0.15, 0.2) is 28.3 Å². The molecule has 14 heteroatoms. The molecule has 0 aliphatic carbocycles. The van der Waals surface area contributed by atoms with E-state index in [0.29, 0.717) is 0 Å². The van der Waals surface area contributed by atoms with Gasteiger partial charge in [0.25, 0.3) is 0 Å². The van der Waals surface area contributed by atoms with Gasteiger partial charge in [-0.25, -0.2) is 0 Å². The number of nitroso groups, excluding NO2 is 1. The minimum atomic E-state index is -1.81. The van der Waals surface area contributed by atoms with E-state index < -0.39 is 48.7 Å². The molecule has 13 nitrogen and oxygen atoms in total. The highest BCUT2D eigenvalue weighted by Crippen LogP contribution is 2.32. The Bertz CT molecular complexity index is 834. The molecular formula is C17H22N4O9S. The number of aliphatic carboxylic acids is 2. The van der Waals surface area contributed by atoms with Crippen molar-refractivity contribution in [2.45, 2.75) is 36.1 Å². The first kappa shape index (κ1) is 26.0. The highest BCUT2D eigenvalue weighted by atomic mass is 32.2. The lowest BCUT2D eigenvalue weighted by atomic mass is 10.1. The summed E-state index contributed by atoms with van der Waals surface area (Å²) in [5.41, 5.74) is 5.23. The van der Waals surface area contributed by atoms with E-state index in [9.17, 15) is 24.1 Å². The van der Waals surface area contributed by atoms with Gasteiger partial charge in [-0.1, -0.05) is 6.07 Å². The van der Waals surface area contributed by atoms with Gasteiger partial charge >= 0.3 is 11.9 Å². The van der Waals surface area contributed by atoms with Crippen molar-refractivity contribution in [1.29, 1.82) is 0 Å². The second kappa shape index (κ2) is 12.6. The largest absolute Gasteiger partial charge is 0.480 e. The SMILES string of the molecule is NC(CCC(=O)NC(CSc1ccc(C(O)O)cc1N=O)C(=O)NCC(=O)O)C(=O)O. The van der Waals surface area contributed by atoms with Crippen LogP contribution >= 0.6 is 11.8 Å². The average Bonchev–Trinajstić information content (AvgIpc) is 2.72. The smallest absolute Gasteiger partial charge is 0.322 e. The predicted octanol–water partition coefficient (Wildman–Crippen LogP) is -0.962. The molecule has 0 heterocycles. The molecule has 0 saturated carbocycles. The third-order valence-electron chi connectivity index (χ3n) is 3.85. The van der Waals surface area contributed by atoms with E-state index in [-0.39, 0.29) is 34.7 Å². The van der Waals surface area contributed by atoms with Crippen LogP contribution in [0.1, 0.15) is 24.7 Å². The number of carbonyl (C=O) groups is 4. The van der Waals surface area contributed by atoms with Crippen LogP contribution in [0.2, 0.25) is 0 Å². The van der Waals surface area contributed by atoms with E-state index in [2.05, 4.69) is 15.8 Å². The minimum Gasteiger partial charge on any atom is -0.480 e. The molecular weight excluding hydrogens is 436 g/mol. The number of carbonyl (C=O) groups excluding carboxylic acids is 2. The Morgan fingerprint density at radius 1 is 1.16 bits per heavy atom. The van der Waals surface area contributed by atoms with Gasteiger partial charge in [0.15, 0.2) is 6.29 Å². The highest BCUT2D eigenvalue weighted by molar-refractivity contribution is 7.99. The Morgan fingerprint density at radius 3 is 2.39 bits per heavy atom. The van der Waals surface area contributed by atoms with Crippen molar-refractivity contribution in [1.82, 2.24) is 10.6 Å². The molecule has 2 unspecified atom stereocenters. The zero-order chi connectivity index (χ0) is 23.6. The fraction of sp³-hybridized carbons (Fsp3) is 0.412. The van der Waals surface area contributed by atoms with Crippen molar-refractivity contribution in [2.75, 3.05) is 12.3 Å². The summed E-state index contributed by atoms with van der Waals surface area (Å²) >= 11 is 0.935. The second-order valence-electron chi connectivity index (χ2n) is 6.22. The van der Waals surface area contributed by atoms with E-state index in [1.54, 1.807) is 0 Å². The number of hydrogen-bond acceptors (Lipinski definition) is 10. The normalized spacial score (nSPS) is 12.6. The first-order chi connectivity index (χ1) is 14.5. The van der Waals surface area contributed by atoms with E-state index in [4.69, 9.17) is 26.2 Å². The maximum absolute atomic E-state index is 12.3. The van der Waals surface area contributed by atoms with Gasteiger partial charge in [0.2, 0.25) is 11.8 Å². The number of thioether (sulfide) groups is 1. The van der Waals surface area contributed by atoms with Gasteiger partial charge in [0, 0.05) is 22.6 Å². The van der Waals surface area contributed by atoms with Crippen LogP contribution in [0.5, 0.6) is 0 Å². The minimum absolute atomic E-state index is 0.0257. The summed E-state index contributed by atoms with van der Waals surface area (Å²) in [6.45, 7) is -0.690. The number of aliphatic hydroxyl groups is 2. The number of rotatable bonds is 13. The van der Waals surface area contributed by atoms with Gasteiger partial charge in [0.05, 0.1) is 0 Å². The zero-order valence-electron chi connectivity index (χ0n) is 16.1. The summed E-state index contributed by atoms with van der Waals surface area (Å²) in [7, 11) is 0. The molecule has 0 saturated heterocycles. The van der Waals surface area contributed by atoms with Crippen molar-refractivity contribution in [3.8, 4) is 0 Å². The number of carboxylic acid groups (broad SMARTS) is 2. The fourth-order valence-corrected chi connectivity index (χ4v) is 3.20. The molecule has 0 radical (unpaired) electrons. The van der Waals surface area contributed by atoms with Gasteiger partial charge in [-0.15, -0.1) is 16.7 Å².